The lowest BCUT2D eigenvalue weighted by molar-refractivity contribution is 0.0768. The van der Waals surface area contributed by atoms with E-state index in [1.807, 2.05) is 25.1 Å². The van der Waals surface area contributed by atoms with E-state index in [1.165, 1.54) is 5.56 Å². The van der Waals surface area contributed by atoms with E-state index in [2.05, 4.69) is 24.8 Å². The largest absolute Gasteiger partial charge is 0.389 e. The fraction of sp³-hybridized carbons (Fsp3) is 0.455. The minimum atomic E-state index is -0.640. The molecule has 1 unspecified atom stereocenters. The van der Waals surface area contributed by atoms with Crippen molar-refractivity contribution in [1.82, 2.24) is 0 Å². The molecule has 1 nitrogen and oxygen atoms in total. The second-order valence-corrected chi connectivity index (χ2v) is 3.96. The van der Waals surface area contributed by atoms with E-state index >= 15 is 0 Å². The Bertz CT molecular complexity index is 244. The van der Waals surface area contributed by atoms with Crippen molar-refractivity contribution in [1.29, 1.82) is 0 Å². The Kier molecular flexibility index (Phi) is 3.82. The van der Waals surface area contributed by atoms with Crippen LogP contribution in [-0.4, -0.2) is 16.5 Å². The topological polar surface area (TPSA) is 20.2 Å². The van der Waals surface area contributed by atoms with Crippen molar-refractivity contribution in [2.24, 2.45) is 0 Å². The summed E-state index contributed by atoms with van der Waals surface area (Å²) in [6.07, 6.45) is 1.68. The van der Waals surface area contributed by atoms with Gasteiger partial charge in [0.1, 0.15) is 0 Å². The smallest absolute Gasteiger partial charge is 0.0710 e. The van der Waals surface area contributed by atoms with Crippen LogP contribution in [0.4, 0.5) is 0 Å². The molecule has 1 atom stereocenters. The van der Waals surface area contributed by atoms with Crippen LogP contribution in [-0.2, 0) is 6.42 Å². The summed E-state index contributed by atoms with van der Waals surface area (Å²) in [6, 6.07) is 10.2. The number of hydrogen-bond acceptors (Lipinski definition) is 2. The van der Waals surface area contributed by atoms with Gasteiger partial charge in [-0.05, 0) is 25.3 Å². The number of benzene rings is 1. The summed E-state index contributed by atoms with van der Waals surface area (Å²) in [5, 5.41) is 9.71. The predicted molar refractivity (Wildman–Crippen MR) is 59.2 cm³/mol. The van der Waals surface area contributed by atoms with Crippen molar-refractivity contribution in [2.75, 3.05) is 5.75 Å². The second kappa shape index (κ2) is 4.68. The van der Waals surface area contributed by atoms with Gasteiger partial charge in [-0.25, -0.2) is 0 Å². The summed E-state index contributed by atoms with van der Waals surface area (Å²) < 4.78 is 0. The second-order valence-electron chi connectivity index (χ2n) is 3.64. The van der Waals surface area contributed by atoms with Crippen molar-refractivity contribution in [3.63, 3.8) is 0 Å². The van der Waals surface area contributed by atoms with Gasteiger partial charge in [-0.15, -0.1) is 0 Å². The SMILES string of the molecule is CC(O)(CS)CCc1ccccc1. The minimum Gasteiger partial charge on any atom is -0.389 e. The number of aryl methyl sites for hydroxylation is 1. The van der Waals surface area contributed by atoms with Crippen LogP contribution in [0.15, 0.2) is 30.3 Å². The molecule has 1 aromatic carbocycles. The molecule has 72 valence electrons. The van der Waals surface area contributed by atoms with E-state index in [4.69, 9.17) is 0 Å². The predicted octanol–water partition coefficient (Wildman–Crippen LogP) is 2.30. The van der Waals surface area contributed by atoms with Crippen molar-refractivity contribution < 1.29 is 5.11 Å². The average Bonchev–Trinajstić information content (AvgIpc) is 2.17. The highest BCUT2D eigenvalue weighted by atomic mass is 32.1. The van der Waals surface area contributed by atoms with Gasteiger partial charge < -0.3 is 5.11 Å². The number of rotatable bonds is 4. The van der Waals surface area contributed by atoms with Gasteiger partial charge >= 0.3 is 0 Å². The zero-order chi connectivity index (χ0) is 9.73. The van der Waals surface area contributed by atoms with Crippen LogP contribution < -0.4 is 0 Å². The molecule has 0 bridgehead atoms. The number of hydrogen-bond donors (Lipinski definition) is 2. The monoisotopic (exact) mass is 196 g/mol. The zero-order valence-corrected chi connectivity index (χ0v) is 8.80. The molecule has 0 spiro atoms. The first-order chi connectivity index (χ1) is 6.14. The molecule has 1 aromatic rings. The van der Waals surface area contributed by atoms with Crippen molar-refractivity contribution in [2.45, 2.75) is 25.4 Å². The summed E-state index contributed by atoms with van der Waals surface area (Å²) >= 11 is 4.10. The molecule has 0 aromatic heterocycles. The summed E-state index contributed by atoms with van der Waals surface area (Å²) in [7, 11) is 0. The Morgan fingerprint density at radius 3 is 2.46 bits per heavy atom. The van der Waals surface area contributed by atoms with Crippen molar-refractivity contribution in [3.8, 4) is 0 Å². The fourth-order valence-electron chi connectivity index (χ4n) is 1.14. The highest BCUT2D eigenvalue weighted by Gasteiger charge is 2.17. The first-order valence-corrected chi connectivity index (χ1v) is 5.14. The normalized spacial score (nSPS) is 15.3. The van der Waals surface area contributed by atoms with E-state index in [0.717, 1.165) is 12.8 Å². The maximum absolute atomic E-state index is 9.71. The van der Waals surface area contributed by atoms with Crippen LogP contribution in [0.5, 0.6) is 0 Å². The summed E-state index contributed by atoms with van der Waals surface area (Å²) in [4.78, 5) is 0. The van der Waals surface area contributed by atoms with Crippen LogP contribution in [0, 0.1) is 0 Å². The van der Waals surface area contributed by atoms with Crippen LogP contribution in [0.3, 0.4) is 0 Å². The van der Waals surface area contributed by atoms with E-state index in [0.29, 0.717) is 5.75 Å². The van der Waals surface area contributed by atoms with E-state index < -0.39 is 5.60 Å². The molecule has 0 fully saturated rings. The third-order valence-electron chi connectivity index (χ3n) is 2.14. The third kappa shape index (κ3) is 3.83. The van der Waals surface area contributed by atoms with E-state index in [1.54, 1.807) is 0 Å². The lowest BCUT2D eigenvalue weighted by Gasteiger charge is -2.20. The molecule has 0 saturated carbocycles. The average molecular weight is 196 g/mol. The summed E-state index contributed by atoms with van der Waals surface area (Å²) in [5.74, 6) is 0.514. The van der Waals surface area contributed by atoms with Gasteiger partial charge in [-0.1, -0.05) is 30.3 Å². The summed E-state index contributed by atoms with van der Waals surface area (Å²) in [5.41, 5.74) is 0.628. The fourth-order valence-corrected chi connectivity index (χ4v) is 1.30. The third-order valence-corrected chi connectivity index (χ3v) is 2.82. The van der Waals surface area contributed by atoms with Gasteiger partial charge in [-0.3, -0.25) is 0 Å². The molecule has 13 heavy (non-hydrogen) atoms. The molecule has 0 radical (unpaired) electrons. The molecule has 0 saturated heterocycles. The molecule has 2 heteroatoms. The van der Waals surface area contributed by atoms with Gasteiger partial charge in [0.05, 0.1) is 5.60 Å². The van der Waals surface area contributed by atoms with Crippen molar-refractivity contribution in [3.05, 3.63) is 35.9 Å². The van der Waals surface area contributed by atoms with Crippen LogP contribution in [0.2, 0.25) is 0 Å². The van der Waals surface area contributed by atoms with Crippen molar-refractivity contribution >= 4 is 12.6 Å². The highest BCUT2D eigenvalue weighted by Crippen LogP contribution is 2.14. The lowest BCUT2D eigenvalue weighted by atomic mass is 9.99. The maximum atomic E-state index is 9.71. The molecule has 0 amide bonds. The Morgan fingerprint density at radius 2 is 1.92 bits per heavy atom. The van der Waals surface area contributed by atoms with Gasteiger partial charge in [0.2, 0.25) is 0 Å². The molecule has 0 aliphatic carbocycles. The molecular weight excluding hydrogens is 180 g/mol. The standard InChI is InChI=1S/C11H16OS/c1-11(12,9-13)8-7-10-5-3-2-4-6-10/h2-6,12-13H,7-9H2,1H3. The Morgan fingerprint density at radius 1 is 1.31 bits per heavy atom. The quantitative estimate of drug-likeness (QED) is 0.708. The first kappa shape index (κ1) is 10.6. The molecule has 1 N–H and O–H groups in total. The minimum absolute atomic E-state index is 0.514. The Labute approximate surface area is 85.2 Å². The van der Waals surface area contributed by atoms with E-state index in [9.17, 15) is 5.11 Å². The van der Waals surface area contributed by atoms with E-state index in [-0.39, 0.29) is 0 Å². The molecule has 0 heterocycles. The lowest BCUT2D eigenvalue weighted by Crippen LogP contribution is -2.26. The van der Waals surface area contributed by atoms with Gasteiger partial charge in [-0.2, -0.15) is 12.6 Å². The van der Waals surface area contributed by atoms with Gasteiger partial charge in [0, 0.05) is 5.75 Å². The van der Waals surface area contributed by atoms with Crippen LogP contribution in [0.25, 0.3) is 0 Å². The van der Waals surface area contributed by atoms with Gasteiger partial charge in [0.25, 0.3) is 0 Å². The number of thiol groups is 1. The molecular formula is C11H16OS. The first-order valence-electron chi connectivity index (χ1n) is 4.51. The maximum Gasteiger partial charge on any atom is 0.0710 e. The molecule has 0 aliphatic heterocycles. The van der Waals surface area contributed by atoms with Gasteiger partial charge in [0.15, 0.2) is 0 Å². The Balaban J connectivity index is 2.44. The Hall–Kier alpha value is -0.470. The summed E-state index contributed by atoms with van der Waals surface area (Å²) in [6.45, 7) is 1.82. The van der Waals surface area contributed by atoms with Crippen LogP contribution in [0.1, 0.15) is 18.9 Å². The number of aliphatic hydroxyl groups is 1. The zero-order valence-electron chi connectivity index (χ0n) is 7.90. The molecule has 0 aliphatic rings. The molecule has 1 rings (SSSR count). The van der Waals surface area contributed by atoms with Crippen LogP contribution >= 0.6 is 12.6 Å². The highest BCUT2D eigenvalue weighted by molar-refractivity contribution is 7.80.